The first-order valence-electron chi connectivity index (χ1n) is 7.91. The molecule has 0 unspecified atom stereocenters. The van der Waals surface area contributed by atoms with Crippen molar-refractivity contribution in [1.29, 1.82) is 0 Å². The highest BCUT2D eigenvalue weighted by Crippen LogP contribution is 2.29. The summed E-state index contributed by atoms with van der Waals surface area (Å²) in [5, 5.41) is 0.650. The van der Waals surface area contributed by atoms with Gasteiger partial charge >= 0.3 is 0 Å². The van der Waals surface area contributed by atoms with E-state index in [-0.39, 0.29) is 5.91 Å². The quantitative estimate of drug-likeness (QED) is 0.826. The molecule has 0 aromatic heterocycles. The molecule has 2 aromatic carbocycles. The Bertz CT molecular complexity index is 740. The van der Waals surface area contributed by atoms with Crippen LogP contribution in [0.4, 0.5) is 5.69 Å². The van der Waals surface area contributed by atoms with Crippen LogP contribution < -0.4 is 4.90 Å². The number of halogens is 1. The molecule has 23 heavy (non-hydrogen) atoms. The summed E-state index contributed by atoms with van der Waals surface area (Å²) in [5.74, 6) is 0.117. The number of anilines is 1. The average Bonchev–Trinajstić information content (AvgIpc) is 2.56. The molecule has 3 nitrogen and oxygen atoms in total. The molecule has 0 saturated heterocycles. The van der Waals surface area contributed by atoms with Crippen molar-refractivity contribution in [3.63, 3.8) is 0 Å². The zero-order chi connectivity index (χ0) is 16.2. The van der Waals surface area contributed by atoms with E-state index in [1.54, 1.807) is 0 Å². The second-order valence-electron chi connectivity index (χ2n) is 5.55. The van der Waals surface area contributed by atoms with Crippen LogP contribution in [0, 0.1) is 0 Å². The van der Waals surface area contributed by atoms with Gasteiger partial charge in [-0.05, 0) is 24.6 Å². The van der Waals surface area contributed by atoms with E-state index in [1.807, 2.05) is 53.4 Å². The molecule has 1 amide bonds. The molecule has 0 spiro atoms. The van der Waals surface area contributed by atoms with Gasteiger partial charge in [0.15, 0.2) is 0 Å². The number of carbonyl (C=O) groups excluding carboxylic acids is 1. The van der Waals surface area contributed by atoms with Gasteiger partial charge in [-0.3, -0.25) is 9.79 Å². The fraction of sp³-hybridized carbons (Fsp3) is 0.263. The van der Waals surface area contributed by atoms with Crippen molar-refractivity contribution in [2.24, 2.45) is 4.99 Å². The van der Waals surface area contributed by atoms with E-state index in [0.29, 0.717) is 24.5 Å². The lowest BCUT2D eigenvalue weighted by atomic mass is 9.98. The number of amides is 1. The fourth-order valence-corrected chi connectivity index (χ4v) is 3.03. The summed E-state index contributed by atoms with van der Waals surface area (Å²) in [5.41, 5.74) is 3.76. The summed E-state index contributed by atoms with van der Waals surface area (Å²) in [6, 6.07) is 15.7. The molecular formula is C19H19ClN2O. The molecule has 3 rings (SSSR count). The molecule has 0 aliphatic carbocycles. The van der Waals surface area contributed by atoms with Crippen LogP contribution in [0.2, 0.25) is 5.02 Å². The third-order valence-electron chi connectivity index (χ3n) is 3.90. The molecule has 0 radical (unpaired) electrons. The van der Waals surface area contributed by atoms with Crippen molar-refractivity contribution in [2.45, 2.75) is 19.8 Å². The Kier molecular flexibility index (Phi) is 4.77. The van der Waals surface area contributed by atoms with Gasteiger partial charge < -0.3 is 4.90 Å². The number of fused-ring (bicyclic) bond motifs is 1. The lowest BCUT2D eigenvalue weighted by molar-refractivity contribution is -0.118. The van der Waals surface area contributed by atoms with Crippen LogP contribution in [0.1, 0.15) is 30.9 Å². The normalized spacial score (nSPS) is 14.8. The molecule has 0 N–H and O–H groups in total. The molecule has 4 heteroatoms. The van der Waals surface area contributed by atoms with Crippen molar-refractivity contribution >= 4 is 28.9 Å². The summed E-state index contributed by atoms with van der Waals surface area (Å²) in [6.45, 7) is 3.28. The van der Waals surface area contributed by atoms with Crippen molar-refractivity contribution in [3.8, 4) is 0 Å². The molecule has 0 saturated carbocycles. The smallest absolute Gasteiger partial charge is 0.228 e. The molecular weight excluding hydrogens is 308 g/mol. The van der Waals surface area contributed by atoms with Gasteiger partial charge in [0.1, 0.15) is 0 Å². The van der Waals surface area contributed by atoms with Gasteiger partial charge in [-0.25, -0.2) is 0 Å². The lowest BCUT2D eigenvalue weighted by Gasteiger charge is -2.27. The first kappa shape index (κ1) is 15.8. The molecule has 1 aliphatic heterocycles. The Morgan fingerprint density at radius 1 is 1.17 bits per heavy atom. The largest absolute Gasteiger partial charge is 0.312 e. The monoisotopic (exact) mass is 326 g/mol. The van der Waals surface area contributed by atoms with E-state index in [2.05, 4.69) is 6.92 Å². The molecule has 2 aromatic rings. The van der Waals surface area contributed by atoms with Crippen LogP contribution in [0.3, 0.4) is 0 Å². The minimum Gasteiger partial charge on any atom is -0.312 e. The highest BCUT2D eigenvalue weighted by atomic mass is 35.5. The van der Waals surface area contributed by atoms with Gasteiger partial charge in [0.05, 0.1) is 11.4 Å². The van der Waals surface area contributed by atoms with Crippen LogP contribution in [-0.2, 0) is 4.79 Å². The van der Waals surface area contributed by atoms with Crippen molar-refractivity contribution < 1.29 is 4.79 Å². The Morgan fingerprint density at radius 3 is 2.70 bits per heavy atom. The number of carbonyl (C=O) groups is 1. The summed E-state index contributed by atoms with van der Waals surface area (Å²) >= 11 is 6.23. The minimum atomic E-state index is 0.117. The number of benzene rings is 2. The van der Waals surface area contributed by atoms with Gasteiger partial charge in [-0.2, -0.15) is 0 Å². The van der Waals surface area contributed by atoms with Crippen molar-refractivity contribution in [2.75, 3.05) is 18.0 Å². The Morgan fingerprint density at radius 2 is 1.96 bits per heavy atom. The topological polar surface area (TPSA) is 32.7 Å². The SMILES string of the molecule is CCCN1C(=O)CCN=C(c2ccccc2)c2cc(Cl)ccc21. The second-order valence-corrected chi connectivity index (χ2v) is 5.99. The van der Waals surface area contributed by atoms with E-state index >= 15 is 0 Å². The number of nitrogens with zero attached hydrogens (tertiary/aromatic N) is 2. The van der Waals surface area contributed by atoms with E-state index in [9.17, 15) is 4.79 Å². The fourth-order valence-electron chi connectivity index (χ4n) is 2.86. The number of aliphatic imine (C=N–C) groups is 1. The maximum atomic E-state index is 12.5. The summed E-state index contributed by atoms with van der Waals surface area (Å²) in [4.78, 5) is 19.0. The zero-order valence-corrected chi connectivity index (χ0v) is 13.9. The second kappa shape index (κ2) is 6.97. The minimum absolute atomic E-state index is 0.117. The number of hydrogen-bond acceptors (Lipinski definition) is 2. The van der Waals surface area contributed by atoms with Gasteiger partial charge in [-0.1, -0.05) is 48.9 Å². The maximum Gasteiger partial charge on any atom is 0.228 e. The maximum absolute atomic E-state index is 12.5. The van der Waals surface area contributed by atoms with Crippen LogP contribution in [0.5, 0.6) is 0 Å². The van der Waals surface area contributed by atoms with Gasteiger partial charge in [0, 0.05) is 35.7 Å². The molecule has 1 aliphatic rings. The number of hydrogen-bond donors (Lipinski definition) is 0. The zero-order valence-electron chi connectivity index (χ0n) is 13.1. The van der Waals surface area contributed by atoms with E-state index < -0.39 is 0 Å². The standard InChI is InChI=1S/C19H19ClN2O/c1-2-12-22-17-9-8-15(20)13-16(17)19(21-11-10-18(22)23)14-6-4-3-5-7-14/h3-9,13H,2,10-12H2,1H3. The molecule has 0 bridgehead atoms. The number of rotatable bonds is 3. The molecule has 0 fully saturated rings. The molecule has 1 heterocycles. The lowest BCUT2D eigenvalue weighted by Crippen LogP contribution is -2.34. The van der Waals surface area contributed by atoms with E-state index in [1.165, 1.54) is 0 Å². The first-order chi connectivity index (χ1) is 11.2. The third-order valence-corrected chi connectivity index (χ3v) is 4.13. The Hall–Kier alpha value is -2.13. The van der Waals surface area contributed by atoms with Gasteiger partial charge in [0.25, 0.3) is 0 Å². The first-order valence-corrected chi connectivity index (χ1v) is 8.28. The predicted octanol–water partition coefficient (Wildman–Crippen LogP) is 4.32. The molecule has 0 atom stereocenters. The van der Waals surface area contributed by atoms with Crippen LogP contribution in [0.25, 0.3) is 0 Å². The summed E-state index contributed by atoms with van der Waals surface area (Å²) in [7, 11) is 0. The van der Waals surface area contributed by atoms with Crippen LogP contribution in [-0.4, -0.2) is 24.7 Å². The van der Waals surface area contributed by atoms with Crippen LogP contribution in [0.15, 0.2) is 53.5 Å². The van der Waals surface area contributed by atoms with Gasteiger partial charge in [-0.15, -0.1) is 0 Å². The average molecular weight is 327 g/mol. The van der Waals surface area contributed by atoms with Crippen molar-refractivity contribution in [3.05, 3.63) is 64.7 Å². The van der Waals surface area contributed by atoms with E-state index in [0.717, 1.165) is 28.9 Å². The Labute approximate surface area is 141 Å². The van der Waals surface area contributed by atoms with E-state index in [4.69, 9.17) is 16.6 Å². The third kappa shape index (κ3) is 3.30. The predicted molar refractivity (Wildman–Crippen MR) is 95.7 cm³/mol. The summed E-state index contributed by atoms with van der Waals surface area (Å²) in [6.07, 6.45) is 1.34. The molecule has 118 valence electrons. The highest BCUT2D eigenvalue weighted by Gasteiger charge is 2.23. The van der Waals surface area contributed by atoms with Crippen molar-refractivity contribution in [1.82, 2.24) is 0 Å². The summed E-state index contributed by atoms with van der Waals surface area (Å²) < 4.78 is 0. The highest BCUT2D eigenvalue weighted by molar-refractivity contribution is 6.31. The Balaban J connectivity index is 2.18. The van der Waals surface area contributed by atoms with Gasteiger partial charge in [0.2, 0.25) is 5.91 Å². The van der Waals surface area contributed by atoms with Crippen LogP contribution >= 0.6 is 11.6 Å².